The summed E-state index contributed by atoms with van der Waals surface area (Å²) in [6.45, 7) is 2.74. The second kappa shape index (κ2) is 4.59. The van der Waals surface area contributed by atoms with E-state index in [0.29, 0.717) is 5.95 Å². The molecule has 0 amide bonds. The van der Waals surface area contributed by atoms with Gasteiger partial charge in [0, 0.05) is 13.6 Å². The molecular weight excluding hydrogens is 186 g/mol. The first-order valence-corrected chi connectivity index (χ1v) is 4.28. The zero-order valence-corrected chi connectivity index (χ0v) is 8.48. The number of esters is 1. The summed E-state index contributed by atoms with van der Waals surface area (Å²) in [7, 11) is 3.16. The molecule has 0 bridgehead atoms. The summed E-state index contributed by atoms with van der Waals surface area (Å²) < 4.78 is 9.33. The molecule has 14 heavy (non-hydrogen) atoms. The van der Waals surface area contributed by atoms with Crippen LogP contribution >= 0.6 is 0 Å². The number of carbonyl (C=O) groups is 1. The second-order valence-corrected chi connectivity index (χ2v) is 2.76. The normalized spacial score (nSPS) is 9.93. The molecule has 0 aliphatic heterocycles. The Morgan fingerprint density at radius 2 is 2.36 bits per heavy atom. The number of methoxy groups -OCH3 is 1. The van der Waals surface area contributed by atoms with Crippen molar-refractivity contribution in [2.45, 2.75) is 13.3 Å². The molecule has 1 aromatic rings. The average molecular weight is 199 g/mol. The maximum Gasteiger partial charge on any atom is 0.315 e. The highest BCUT2D eigenvalue weighted by atomic mass is 16.5. The summed E-state index contributed by atoms with van der Waals surface area (Å²) in [5.74, 6) is 0.359. The maximum absolute atomic E-state index is 10.9. The number of ether oxygens (including phenoxy) is 1. The Labute approximate surface area is 81.8 Å². The molecule has 1 rings (SSSR count). The molecule has 1 aromatic heterocycles. The molecule has 0 aromatic carbocycles. The van der Waals surface area contributed by atoms with Gasteiger partial charge in [-0.1, -0.05) is 0 Å². The predicted molar refractivity (Wildman–Crippen MR) is 49.0 cm³/mol. The van der Waals surface area contributed by atoms with Gasteiger partial charge in [-0.05, 0) is 12.1 Å². The van der Waals surface area contributed by atoms with E-state index in [-0.39, 0.29) is 18.3 Å². The molecule has 0 saturated heterocycles. The molecule has 1 heterocycles. The predicted octanol–water partition coefficient (Wildman–Crippen LogP) is 0.241. The summed E-state index contributed by atoms with van der Waals surface area (Å²) >= 11 is 0. The lowest BCUT2D eigenvalue weighted by Crippen LogP contribution is -2.17. The van der Waals surface area contributed by atoms with Crippen LogP contribution in [0.15, 0.2) is 4.52 Å². The van der Waals surface area contributed by atoms with E-state index in [1.54, 1.807) is 0 Å². The molecule has 0 N–H and O–H groups in total. The van der Waals surface area contributed by atoms with Crippen LogP contribution in [0.1, 0.15) is 12.8 Å². The van der Waals surface area contributed by atoms with Crippen LogP contribution in [0.5, 0.6) is 0 Å². The topological polar surface area (TPSA) is 68.5 Å². The van der Waals surface area contributed by atoms with Crippen LogP contribution in [-0.2, 0) is 16.0 Å². The highest BCUT2D eigenvalue weighted by Gasteiger charge is 2.12. The Bertz CT molecular complexity index is 311. The molecule has 0 fully saturated rings. The lowest BCUT2D eigenvalue weighted by molar-refractivity contribution is -0.140. The van der Waals surface area contributed by atoms with Crippen molar-refractivity contribution in [2.75, 3.05) is 25.6 Å². The van der Waals surface area contributed by atoms with Crippen LogP contribution in [0.25, 0.3) is 0 Å². The van der Waals surface area contributed by atoms with E-state index in [1.165, 1.54) is 7.11 Å². The van der Waals surface area contributed by atoms with Crippen molar-refractivity contribution in [3.8, 4) is 0 Å². The molecule has 0 radical (unpaired) electrons. The third-order valence-electron chi connectivity index (χ3n) is 1.80. The van der Waals surface area contributed by atoms with Crippen molar-refractivity contribution < 1.29 is 14.1 Å². The quantitative estimate of drug-likeness (QED) is 0.647. The monoisotopic (exact) mass is 199 g/mol. The fourth-order valence-electron chi connectivity index (χ4n) is 0.810. The highest BCUT2D eigenvalue weighted by Crippen LogP contribution is 2.07. The Morgan fingerprint density at radius 3 is 2.93 bits per heavy atom. The van der Waals surface area contributed by atoms with Crippen LogP contribution in [0.2, 0.25) is 0 Å². The lowest BCUT2D eigenvalue weighted by atomic mass is 10.4. The van der Waals surface area contributed by atoms with Crippen LogP contribution in [0, 0.1) is 0 Å². The molecule has 78 valence electrons. The summed E-state index contributed by atoms with van der Waals surface area (Å²) in [5, 5.41) is 3.71. The van der Waals surface area contributed by atoms with Gasteiger partial charge in [0.2, 0.25) is 5.89 Å². The average Bonchev–Trinajstić information content (AvgIpc) is 2.65. The Hall–Kier alpha value is -1.59. The molecule has 6 nitrogen and oxygen atoms in total. The van der Waals surface area contributed by atoms with Gasteiger partial charge in [0.1, 0.15) is 6.42 Å². The maximum atomic E-state index is 10.9. The van der Waals surface area contributed by atoms with Gasteiger partial charge < -0.3 is 14.2 Å². The fourth-order valence-corrected chi connectivity index (χ4v) is 0.810. The van der Waals surface area contributed by atoms with Gasteiger partial charge in [-0.3, -0.25) is 4.79 Å². The minimum atomic E-state index is -0.389. The van der Waals surface area contributed by atoms with Gasteiger partial charge in [0.05, 0.1) is 7.11 Å². The molecule has 0 aliphatic rings. The largest absolute Gasteiger partial charge is 0.469 e. The Balaban J connectivity index is 2.63. The van der Waals surface area contributed by atoms with Crippen LogP contribution in [0.3, 0.4) is 0 Å². The van der Waals surface area contributed by atoms with Gasteiger partial charge in [-0.15, -0.1) is 0 Å². The van der Waals surface area contributed by atoms with Gasteiger partial charge in [0.15, 0.2) is 0 Å². The zero-order valence-electron chi connectivity index (χ0n) is 8.48. The van der Waals surface area contributed by atoms with E-state index in [2.05, 4.69) is 14.9 Å². The van der Waals surface area contributed by atoms with Gasteiger partial charge >= 0.3 is 5.97 Å². The van der Waals surface area contributed by atoms with Crippen LogP contribution in [-0.4, -0.2) is 36.8 Å². The zero-order chi connectivity index (χ0) is 10.6. The van der Waals surface area contributed by atoms with E-state index in [9.17, 15) is 4.79 Å². The van der Waals surface area contributed by atoms with Gasteiger partial charge in [-0.2, -0.15) is 4.98 Å². The van der Waals surface area contributed by atoms with Crippen molar-refractivity contribution >= 4 is 11.9 Å². The molecule has 6 heteroatoms. The lowest BCUT2D eigenvalue weighted by Gasteiger charge is -2.08. The smallest absolute Gasteiger partial charge is 0.315 e. The van der Waals surface area contributed by atoms with Crippen LogP contribution in [0.4, 0.5) is 5.95 Å². The Kier molecular flexibility index (Phi) is 3.44. The van der Waals surface area contributed by atoms with Crippen LogP contribution < -0.4 is 4.90 Å². The van der Waals surface area contributed by atoms with Gasteiger partial charge in [-0.25, -0.2) is 0 Å². The van der Waals surface area contributed by atoms with Crippen molar-refractivity contribution in [3.63, 3.8) is 0 Å². The fraction of sp³-hybridized carbons (Fsp3) is 0.625. The first-order valence-electron chi connectivity index (χ1n) is 4.28. The van der Waals surface area contributed by atoms with Crippen molar-refractivity contribution in [3.05, 3.63) is 5.89 Å². The van der Waals surface area contributed by atoms with Crippen molar-refractivity contribution in [1.82, 2.24) is 10.1 Å². The molecular formula is C8H13N3O3. The highest BCUT2D eigenvalue weighted by molar-refractivity contribution is 5.71. The third-order valence-corrected chi connectivity index (χ3v) is 1.80. The van der Waals surface area contributed by atoms with Crippen molar-refractivity contribution in [1.29, 1.82) is 0 Å². The van der Waals surface area contributed by atoms with Gasteiger partial charge in [0.25, 0.3) is 5.95 Å². The molecule has 0 aliphatic carbocycles. The number of nitrogens with zero attached hydrogens (tertiary/aromatic N) is 3. The molecule has 0 atom stereocenters. The number of carbonyl (C=O) groups excluding carboxylic acids is 1. The minimum Gasteiger partial charge on any atom is -0.469 e. The molecule has 0 saturated carbocycles. The Morgan fingerprint density at radius 1 is 1.64 bits per heavy atom. The molecule has 0 spiro atoms. The number of anilines is 1. The first kappa shape index (κ1) is 10.5. The minimum absolute atomic E-state index is 0.0149. The summed E-state index contributed by atoms with van der Waals surface area (Å²) in [6, 6.07) is 0. The third kappa shape index (κ3) is 2.45. The van der Waals surface area contributed by atoms with E-state index < -0.39 is 0 Å². The summed E-state index contributed by atoms with van der Waals surface area (Å²) in [4.78, 5) is 16.7. The first-order chi connectivity index (χ1) is 6.67. The van der Waals surface area contributed by atoms with E-state index >= 15 is 0 Å². The summed E-state index contributed by atoms with van der Waals surface area (Å²) in [6.07, 6.45) is 0.0149. The SMILES string of the molecule is CCN(C)c1noc(CC(=O)OC)n1. The number of hydrogen-bond donors (Lipinski definition) is 0. The standard InChI is InChI=1S/C8H13N3O3/c1-4-11(2)8-9-6(14-10-8)5-7(12)13-3/h4-5H2,1-3H3. The van der Waals surface area contributed by atoms with E-state index in [4.69, 9.17) is 4.52 Å². The number of hydrogen-bond acceptors (Lipinski definition) is 6. The molecule has 0 unspecified atom stereocenters. The van der Waals surface area contributed by atoms with Crippen molar-refractivity contribution in [2.24, 2.45) is 0 Å². The summed E-state index contributed by atoms with van der Waals surface area (Å²) in [5.41, 5.74) is 0. The number of rotatable bonds is 4. The second-order valence-electron chi connectivity index (χ2n) is 2.76. The van der Waals surface area contributed by atoms with E-state index in [1.807, 2.05) is 18.9 Å². The van der Waals surface area contributed by atoms with E-state index in [0.717, 1.165) is 6.54 Å². The number of aromatic nitrogens is 2.